The maximum Gasteiger partial charge on any atom is 0.151 e. The highest BCUT2D eigenvalue weighted by molar-refractivity contribution is 4.98. The molecule has 0 saturated carbocycles. The normalized spacial score (nSPS) is 29.3. The van der Waals surface area contributed by atoms with Crippen molar-refractivity contribution in [3.8, 4) is 0 Å². The van der Waals surface area contributed by atoms with Crippen molar-refractivity contribution in [1.29, 1.82) is 0 Å². The third-order valence-corrected chi connectivity index (χ3v) is 3.37. The number of rotatable bonds is 2. The molecule has 0 aliphatic carbocycles. The fraction of sp³-hybridized carbons (Fsp3) is 0.818. The number of ether oxygens (including phenoxy) is 1. The van der Waals surface area contributed by atoms with Crippen molar-refractivity contribution in [2.75, 3.05) is 13.2 Å². The lowest BCUT2D eigenvalue weighted by Gasteiger charge is -2.16. The number of hydrogen-bond acceptors (Lipinski definition) is 4. The molecule has 1 aromatic heterocycles. The molecule has 1 fully saturated rings. The Balaban J connectivity index is 1.71. The van der Waals surface area contributed by atoms with Gasteiger partial charge in [0.15, 0.2) is 5.82 Å². The molecule has 2 atom stereocenters. The van der Waals surface area contributed by atoms with Crippen LogP contribution < -0.4 is 0 Å². The average Bonchev–Trinajstić information content (AvgIpc) is 2.86. The van der Waals surface area contributed by atoms with E-state index in [1.54, 1.807) is 0 Å². The molecule has 1 aromatic rings. The molecule has 5 nitrogen and oxygen atoms in total. The fourth-order valence-electron chi connectivity index (χ4n) is 2.43. The maximum atomic E-state index is 9.54. The first-order valence-corrected chi connectivity index (χ1v) is 5.99. The minimum atomic E-state index is -0.253. The van der Waals surface area contributed by atoms with Crippen LogP contribution in [0.2, 0.25) is 0 Å². The highest BCUT2D eigenvalue weighted by Crippen LogP contribution is 2.18. The predicted octanol–water partition coefficient (Wildman–Crippen LogP) is 0.164. The zero-order valence-corrected chi connectivity index (χ0v) is 9.30. The van der Waals surface area contributed by atoms with Crippen LogP contribution in [-0.4, -0.2) is 39.2 Å². The number of fused-ring (bicyclic) bond motifs is 1. The summed E-state index contributed by atoms with van der Waals surface area (Å²) < 4.78 is 7.21. The van der Waals surface area contributed by atoms with Crippen molar-refractivity contribution < 1.29 is 9.84 Å². The molecule has 0 spiro atoms. The van der Waals surface area contributed by atoms with Gasteiger partial charge in [0.2, 0.25) is 0 Å². The fourth-order valence-corrected chi connectivity index (χ4v) is 2.43. The van der Waals surface area contributed by atoms with Gasteiger partial charge < -0.3 is 9.84 Å². The first-order chi connectivity index (χ1) is 7.81. The smallest absolute Gasteiger partial charge is 0.151 e. The summed E-state index contributed by atoms with van der Waals surface area (Å²) in [5.74, 6) is 2.52. The number of aliphatic hydroxyl groups excluding tert-OH is 1. The van der Waals surface area contributed by atoms with E-state index in [-0.39, 0.29) is 6.10 Å². The lowest BCUT2D eigenvalue weighted by Crippen LogP contribution is -2.25. The molecule has 0 bridgehead atoms. The van der Waals surface area contributed by atoms with Gasteiger partial charge in [-0.1, -0.05) is 0 Å². The molecule has 1 saturated heterocycles. The molecule has 0 aromatic carbocycles. The monoisotopic (exact) mass is 223 g/mol. The van der Waals surface area contributed by atoms with E-state index in [9.17, 15) is 5.11 Å². The van der Waals surface area contributed by atoms with E-state index in [0.29, 0.717) is 12.5 Å². The molecule has 0 radical (unpaired) electrons. The van der Waals surface area contributed by atoms with Gasteiger partial charge in [-0.25, -0.2) is 9.67 Å². The van der Waals surface area contributed by atoms with Crippen LogP contribution in [0.4, 0.5) is 0 Å². The lowest BCUT2D eigenvalue weighted by molar-refractivity contribution is 0.124. The van der Waals surface area contributed by atoms with Crippen LogP contribution >= 0.6 is 0 Å². The molecule has 5 heteroatoms. The van der Waals surface area contributed by atoms with Crippen LogP contribution in [0.25, 0.3) is 0 Å². The van der Waals surface area contributed by atoms with Gasteiger partial charge in [-0.3, -0.25) is 0 Å². The molecule has 2 aliphatic rings. The summed E-state index contributed by atoms with van der Waals surface area (Å²) in [6.07, 6.45) is 3.43. The minimum Gasteiger partial charge on any atom is -0.391 e. The predicted molar refractivity (Wildman–Crippen MR) is 57.0 cm³/mol. The van der Waals surface area contributed by atoms with Gasteiger partial charge >= 0.3 is 0 Å². The first kappa shape index (κ1) is 10.2. The van der Waals surface area contributed by atoms with Crippen LogP contribution in [-0.2, 0) is 24.1 Å². The van der Waals surface area contributed by atoms with Crippen LogP contribution in [0, 0.1) is 5.92 Å². The van der Waals surface area contributed by atoms with Crippen LogP contribution in [0.5, 0.6) is 0 Å². The number of aryl methyl sites for hydroxylation is 1. The Bertz CT molecular complexity index is 371. The van der Waals surface area contributed by atoms with Crippen molar-refractivity contribution >= 4 is 0 Å². The lowest BCUT2D eigenvalue weighted by atomic mass is 10.1. The van der Waals surface area contributed by atoms with E-state index < -0.39 is 0 Å². The van der Waals surface area contributed by atoms with E-state index in [1.807, 2.05) is 4.68 Å². The van der Waals surface area contributed by atoms with Crippen molar-refractivity contribution in [2.45, 2.75) is 38.3 Å². The molecule has 2 unspecified atom stereocenters. The molecular weight excluding hydrogens is 206 g/mol. The molecule has 3 rings (SSSR count). The number of aliphatic hydroxyl groups is 1. The minimum absolute atomic E-state index is 0.253. The second-order valence-corrected chi connectivity index (χ2v) is 4.75. The van der Waals surface area contributed by atoms with Gasteiger partial charge in [0.05, 0.1) is 12.6 Å². The van der Waals surface area contributed by atoms with Crippen molar-refractivity contribution in [2.24, 2.45) is 5.92 Å². The third-order valence-electron chi connectivity index (χ3n) is 3.37. The standard InChI is InChI=1S/C11H17N3O2/c15-9-1-2-11-12-10(13-14(11)6-9)5-8-3-4-16-7-8/h8-9,15H,1-7H2. The zero-order chi connectivity index (χ0) is 11.0. The summed E-state index contributed by atoms with van der Waals surface area (Å²) in [5.41, 5.74) is 0. The quantitative estimate of drug-likeness (QED) is 0.776. The second kappa shape index (κ2) is 4.14. The van der Waals surface area contributed by atoms with Crippen molar-refractivity contribution in [1.82, 2.24) is 14.8 Å². The largest absolute Gasteiger partial charge is 0.391 e. The molecule has 2 aliphatic heterocycles. The Labute approximate surface area is 94.4 Å². The SMILES string of the molecule is OC1CCc2nc(CC3CCOC3)nn2C1. The highest BCUT2D eigenvalue weighted by atomic mass is 16.5. The van der Waals surface area contributed by atoms with E-state index in [4.69, 9.17) is 4.74 Å². The summed E-state index contributed by atoms with van der Waals surface area (Å²) in [6.45, 7) is 2.31. The Kier molecular flexibility index (Phi) is 2.65. The zero-order valence-electron chi connectivity index (χ0n) is 9.30. The van der Waals surface area contributed by atoms with E-state index in [0.717, 1.165) is 50.5 Å². The molecule has 1 N–H and O–H groups in total. The van der Waals surface area contributed by atoms with Crippen molar-refractivity contribution in [3.63, 3.8) is 0 Å². The average molecular weight is 223 g/mol. The second-order valence-electron chi connectivity index (χ2n) is 4.75. The highest BCUT2D eigenvalue weighted by Gasteiger charge is 2.22. The number of hydrogen-bond donors (Lipinski definition) is 1. The van der Waals surface area contributed by atoms with Crippen LogP contribution in [0.1, 0.15) is 24.5 Å². The van der Waals surface area contributed by atoms with Gasteiger partial charge in [-0.15, -0.1) is 0 Å². The van der Waals surface area contributed by atoms with E-state index >= 15 is 0 Å². The Morgan fingerprint density at radius 2 is 2.38 bits per heavy atom. The molecular formula is C11H17N3O2. The first-order valence-electron chi connectivity index (χ1n) is 5.99. The van der Waals surface area contributed by atoms with Gasteiger partial charge in [-0.2, -0.15) is 5.10 Å². The Hall–Kier alpha value is -0.940. The van der Waals surface area contributed by atoms with Crippen molar-refractivity contribution in [3.05, 3.63) is 11.6 Å². The Morgan fingerprint density at radius 1 is 1.44 bits per heavy atom. The van der Waals surface area contributed by atoms with Gasteiger partial charge in [0.25, 0.3) is 0 Å². The Morgan fingerprint density at radius 3 is 3.19 bits per heavy atom. The molecule has 0 amide bonds. The summed E-state index contributed by atoms with van der Waals surface area (Å²) in [7, 11) is 0. The van der Waals surface area contributed by atoms with Crippen LogP contribution in [0.3, 0.4) is 0 Å². The summed E-state index contributed by atoms with van der Waals surface area (Å²) in [6, 6.07) is 0. The van der Waals surface area contributed by atoms with Gasteiger partial charge in [0.1, 0.15) is 5.82 Å². The van der Waals surface area contributed by atoms with Gasteiger partial charge in [0, 0.05) is 26.1 Å². The van der Waals surface area contributed by atoms with Gasteiger partial charge in [-0.05, 0) is 18.8 Å². The number of nitrogens with zero attached hydrogens (tertiary/aromatic N) is 3. The third kappa shape index (κ3) is 1.97. The molecule has 16 heavy (non-hydrogen) atoms. The molecule has 3 heterocycles. The topological polar surface area (TPSA) is 60.2 Å². The maximum absolute atomic E-state index is 9.54. The van der Waals surface area contributed by atoms with Crippen LogP contribution in [0.15, 0.2) is 0 Å². The summed E-state index contributed by atoms with van der Waals surface area (Å²) in [5, 5.41) is 14.0. The summed E-state index contributed by atoms with van der Waals surface area (Å²) in [4.78, 5) is 4.53. The van der Waals surface area contributed by atoms with E-state index in [1.165, 1.54) is 0 Å². The van der Waals surface area contributed by atoms with E-state index in [2.05, 4.69) is 10.1 Å². The number of aromatic nitrogens is 3. The summed E-state index contributed by atoms with van der Waals surface area (Å²) >= 11 is 0. The molecule has 88 valence electrons.